The molecule has 7 heteroatoms. The van der Waals surface area contributed by atoms with Crippen molar-refractivity contribution in [1.82, 2.24) is 10.2 Å². The minimum absolute atomic E-state index is 0.199. The lowest BCUT2D eigenvalue weighted by molar-refractivity contribution is -0.155. The molecule has 1 aliphatic heterocycles. The maximum absolute atomic E-state index is 13.9. The lowest BCUT2D eigenvalue weighted by Gasteiger charge is -2.35. The minimum atomic E-state index is -0.843. The monoisotopic (exact) mass is 442 g/mol. The summed E-state index contributed by atoms with van der Waals surface area (Å²) in [6.07, 6.45) is 3.78. The number of carbonyl (C=O) groups excluding carboxylic acids is 3. The first kappa shape index (κ1) is 24.0. The second-order valence-electron chi connectivity index (χ2n) is 9.66. The quantitative estimate of drug-likeness (QED) is 0.521. The Morgan fingerprint density at radius 1 is 1.19 bits per heavy atom. The van der Waals surface area contributed by atoms with Crippen LogP contribution in [0.1, 0.15) is 46.2 Å². The number of hydrogen-bond acceptors (Lipinski definition) is 5. The van der Waals surface area contributed by atoms with Gasteiger partial charge in [0.2, 0.25) is 11.8 Å². The van der Waals surface area contributed by atoms with Crippen molar-refractivity contribution in [3.8, 4) is 0 Å². The van der Waals surface area contributed by atoms with Gasteiger partial charge >= 0.3 is 5.97 Å². The summed E-state index contributed by atoms with van der Waals surface area (Å²) in [5.74, 6) is -3.12. The Kier molecular flexibility index (Phi) is 7.08. The molecule has 1 fully saturated rings. The first-order chi connectivity index (χ1) is 15.1. The van der Waals surface area contributed by atoms with Crippen LogP contribution in [0.2, 0.25) is 0 Å². The SMILES string of the molecule is CCOC(=O)[C@H]1[C@@H]2C(=O)N([C@H](CO)c3ccccc3)[C@H](C(=O)NC(C)(C)C)[C@H]2C=C[C@H]1C. The number of nitrogens with zero attached hydrogens (tertiary/aromatic N) is 1. The first-order valence-corrected chi connectivity index (χ1v) is 11.3. The lowest BCUT2D eigenvalue weighted by atomic mass is 9.70. The van der Waals surface area contributed by atoms with E-state index in [4.69, 9.17) is 4.74 Å². The molecular weight excluding hydrogens is 408 g/mol. The summed E-state index contributed by atoms with van der Waals surface area (Å²) in [7, 11) is 0. The topological polar surface area (TPSA) is 95.9 Å². The van der Waals surface area contributed by atoms with Crippen molar-refractivity contribution in [2.75, 3.05) is 13.2 Å². The van der Waals surface area contributed by atoms with Gasteiger partial charge in [-0.1, -0.05) is 49.4 Å². The maximum Gasteiger partial charge on any atom is 0.310 e. The standard InChI is InChI=1S/C25H34N2O5/c1-6-32-24(31)19-15(2)12-13-17-20(19)23(30)27(21(17)22(29)26-25(3,4)5)18(14-28)16-10-8-7-9-11-16/h7-13,15,17-21,28H,6,14H2,1-5H3,(H,26,29)/t15-,17+,18-,19-,20-,21+/m1/s1. The van der Waals surface area contributed by atoms with E-state index in [-0.39, 0.29) is 30.9 Å². The fraction of sp³-hybridized carbons (Fsp3) is 0.560. The number of benzene rings is 1. The van der Waals surface area contributed by atoms with Gasteiger partial charge in [-0.05, 0) is 39.2 Å². The van der Waals surface area contributed by atoms with Crippen molar-refractivity contribution < 1.29 is 24.2 Å². The van der Waals surface area contributed by atoms with Crippen LogP contribution in [0.25, 0.3) is 0 Å². The third kappa shape index (κ3) is 4.58. The second kappa shape index (κ2) is 9.45. The Hall–Kier alpha value is -2.67. The van der Waals surface area contributed by atoms with E-state index < -0.39 is 41.3 Å². The molecule has 3 rings (SSSR count). The van der Waals surface area contributed by atoms with Crippen LogP contribution in [-0.4, -0.2) is 52.6 Å². The molecular formula is C25H34N2O5. The molecule has 1 aliphatic carbocycles. The largest absolute Gasteiger partial charge is 0.466 e. The van der Waals surface area contributed by atoms with E-state index in [0.29, 0.717) is 0 Å². The molecule has 0 radical (unpaired) electrons. The number of allylic oxidation sites excluding steroid dienone is 1. The summed E-state index contributed by atoms with van der Waals surface area (Å²) in [4.78, 5) is 41.7. The highest BCUT2D eigenvalue weighted by molar-refractivity contribution is 5.96. The number of aliphatic hydroxyl groups excluding tert-OH is 1. The summed E-state index contributed by atoms with van der Waals surface area (Å²) in [5, 5.41) is 13.3. The van der Waals surface area contributed by atoms with Gasteiger partial charge in [-0.15, -0.1) is 0 Å². The molecule has 1 aromatic rings. The van der Waals surface area contributed by atoms with E-state index in [1.54, 1.807) is 6.92 Å². The number of ether oxygens (including phenoxy) is 1. The van der Waals surface area contributed by atoms with Gasteiger partial charge in [0.15, 0.2) is 0 Å². The van der Waals surface area contributed by atoms with Gasteiger partial charge in [0.1, 0.15) is 6.04 Å². The van der Waals surface area contributed by atoms with E-state index in [1.165, 1.54) is 4.90 Å². The number of hydrogen-bond donors (Lipinski definition) is 2. The van der Waals surface area contributed by atoms with Crippen molar-refractivity contribution in [3.63, 3.8) is 0 Å². The Balaban J connectivity index is 2.10. The van der Waals surface area contributed by atoms with Crippen LogP contribution < -0.4 is 5.32 Å². The number of rotatable bonds is 6. The van der Waals surface area contributed by atoms with Crippen LogP contribution in [0.15, 0.2) is 42.5 Å². The number of amides is 2. The highest BCUT2D eigenvalue weighted by Crippen LogP contribution is 2.47. The van der Waals surface area contributed by atoms with E-state index in [0.717, 1.165) is 5.56 Å². The average molecular weight is 443 g/mol. The molecule has 7 nitrogen and oxygen atoms in total. The molecule has 1 saturated heterocycles. The Labute approximate surface area is 189 Å². The van der Waals surface area contributed by atoms with Crippen molar-refractivity contribution >= 4 is 17.8 Å². The molecule has 1 aromatic carbocycles. The molecule has 0 unspecified atom stereocenters. The Morgan fingerprint density at radius 3 is 2.41 bits per heavy atom. The molecule has 1 heterocycles. The zero-order valence-corrected chi connectivity index (χ0v) is 19.4. The van der Waals surface area contributed by atoms with Crippen LogP contribution >= 0.6 is 0 Å². The zero-order valence-electron chi connectivity index (χ0n) is 19.4. The van der Waals surface area contributed by atoms with E-state index in [9.17, 15) is 19.5 Å². The van der Waals surface area contributed by atoms with E-state index in [2.05, 4.69) is 5.32 Å². The third-order valence-corrected chi connectivity index (χ3v) is 6.23. The molecule has 6 atom stereocenters. The van der Waals surface area contributed by atoms with Crippen LogP contribution in [0, 0.1) is 23.7 Å². The van der Waals surface area contributed by atoms with Gasteiger partial charge in [0.05, 0.1) is 31.1 Å². The van der Waals surface area contributed by atoms with Gasteiger partial charge in [-0.3, -0.25) is 14.4 Å². The molecule has 32 heavy (non-hydrogen) atoms. The van der Waals surface area contributed by atoms with Crippen molar-refractivity contribution in [2.24, 2.45) is 23.7 Å². The number of esters is 1. The van der Waals surface area contributed by atoms with Crippen molar-refractivity contribution in [1.29, 1.82) is 0 Å². The highest BCUT2D eigenvalue weighted by Gasteiger charge is 2.58. The van der Waals surface area contributed by atoms with Crippen LogP contribution in [0.3, 0.4) is 0 Å². The molecule has 2 amide bonds. The predicted molar refractivity (Wildman–Crippen MR) is 120 cm³/mol. The third-order valence-electron chi connectivity index (χ3n) is 6.23. The summed E-state index contributed by atoms with van der Waals surface area (Å²) < 4.78 is 5.30. The molecule has 2 N–H and O–H groups in total. The van der Waals surface area contributed by atoms with Gasteiger partial charge < -0.3 is 20.1 Å². The fourth-order valence-corrected chi connectivity index (χ4v) is 4.94. The number of likely N-dealkylation sites (tertiary alicyclic amines) is 1. The van der Waals surface area contributed by atoms with Crippen molar-refractivity contribution in [3.05, 3.63) is 48.0 Å². The normalized spacial score (nSPS) is 28.2. The minimum Gasteiger partial charge on any atom is -0.466 e. The number of carbonyl (C=O) groups is 3. The Bertz CT molecular complexity index is 876. The highest BCUT2D eigenvalue weighted by atomic mass is 16.5. The van der Waals surface area contributed by atoms with Crippen molar-refractivity contribution in [2.45, 2.75) is 52.2 Å². The lowest BCUT2D eigenvalue weighted by Crippen LogP contribution is -2.53. The second-order valence-corrected chi connectivity index (χ2v) is 9.66. The fourth-order valence-electron chi connectivity index (χ4n) is 4.94. The van der Waals surface area contributed by atoms with Crippen LogP contribution in [0.4, 0.5) is 0 Å². The van der Waals surface area contributed by atoms with Crippen LogP contribution in [-0.2, 0) is 19.1 Å². The van der Waals surface area contributed by atoms with Gasteiger partial charge in [-0.25, -0.2) is 0 Å². The molecule has 0 saturated carbocycles. The zero-order chi connectivity index (χ0) is 23.6. The predicted octanol–water partition coefficient (Wildman–Crippen LogP) is 2.46. The van der Waals surface area contributed by atoms with E-state index >= 15 is 0 Å². The number of nitrogens with one attached hydrogen (secondary N) is 1. The Morgan fingerprint density at radius 2 is 1.84 bits per heavy atom. The summed E-state index contributed by atoms with van der Waals surface area (Å²) in [6, 6.07) is 7.64. The molecule has 0 spiro atoms. The van der Waals surface area contributed by atoms with Gasteiger partial charge in [0.25, 0.3) is 0 Å². The summed E-state index contributed by atoms with van der Waals surface area (Å²) in [6.45, 7) is 9.14. The molecule has 0 aromatic heterocycles. The molecule has 2 aliphatic rings. The smallest absolute Gasteiger partial charge is 0.310 e. The number of aliphatic hydroxyl groups is 1. The number of fused-ring (bicyclic) bond motifs is 1. The summed E-state index contributed by atoms with van der Waals surface area (Å²) in [5.41, 5.74) is 0.234. The average Bonchev–Trinajstić information content (AvgIpc) is 3.01. The molecule has 174 valence electrons. The van der Waals surface area contributed by atoms with Gasteiger partial charge in [-0.2, -0.15) is 0 Å². The van der Waals surface area contributed by atoms with Gasteiger partial charge in [0, 0.05) is 11.5 Å². The molecule has 0 bridgehead atoms. The van der Waals surface area contributed by atoms with E-state index in [1.807, 2.05) is 70.2 Å². The maximum atomic E-state index is 13.9. The summed E-state index contributed by atoms with van der Waals surface area (Å²) >= 11 is 0. The van der Waals surface area contributed by atoms with Crippen LogP contribution in [0.5, 0.6) is 0 Å². The first-order valence-electron chi connectivity index (χ1n) is 11.3.